The van der Waals surface area contributed by atoms with Crippen LogP contribution in [0.3, 0.4) is 0 Å². The number of benzene rings is 2. The maximum Gasteiger partial charge on any atom is 0.230 e. The predicted octanol–water partition coefficient (Wildman–Crippen LogP) is 10.1. The molecule has 46 heavy (non-hydrogen) atoms. The number of nitrogens with one attached hydrogen (secondary N) is 2. The first-order valence-corrected chi connectivity index (χ1v) is 17.5. The summed E-state index contributed by atoms with van der Waals surface area (Å²) < 4.78 is 19.7. The summed E-state index contributed by atoms with van der Waals surface area (Å²) >= 11 is 12.8. The molecule has 1 atom stereocenters. The SMILES string of the molecule is CCCCCCCCCCCCOc1ccc(Cl)cc1N=COC(CCCC)NCOc1[nH]n2c(-c3ccccc3)nnc2c1Cl. The predicted molar refractivity (Wildman–Crippen MR) is 188 cm³/mol. The van der Waals surface area contributed by atoms with Gasteiger partial charge in [0.05, 0.1) is 6.61 Å². The monoisotopic (exact) mass is 670 g/mol. The summed E-state index contributed by atoms with van der Waals surface area (Å²) in [5, 5.41) is 15.9. The van der Waals surface area contributed by atoms with Crippen molar-refractivity contribution in [3.05, 3.63) is 58.6 Å². The Balaban J connectivity index is 1.24. The van der Waals surface area contributed by atoms with Gasteiger partial charge >= 0.3 is 0 Å². The number of aromatic amines is 1. The molecule has 2 N–H and O–H groups in total. The van der Waals surface area contributed by atoms with Crippen molar-refractivity contribution in [2.24, 2.45) is 4.99 Å². The third kappa shape index (κ3) is 11.2. The molecule has 0 spiro atoms. The van der Waals surface area contributed by atoms with Crippen LogP contribution in [0.25, 0.3) is 17.0 Å². The van der Waals surface area contributed by atoms with E-state index in [9.17, 15) is 0 Å². The molecule has 4 aromatic rings. The van der Waals surface area contributed by atoms with Crippen molar-refractivity contribution in [1.29, 1.82) is 0 Å². The molecule has 9 nitrogen and oxygen atoms in total. The van der Waals surface area contributed by atoms with Gasteiger partial charge in [0.25, 0.3) is 0 Å². The van der Waals surface area contributed by atoms with E-state index in [1.54, 1.807) is 10.6 Å². The van der Waals surface area contributed by atoms with E-state index in [2.05, 4.69) is 39.5 Å². The Bertz CT molecular complexity index is 1460. The molecule has 0 radical (unpaired) electrons. The normalized spacial score (nSPS) is 12.3. The van der Waals surface area contributed by atoms with Gasteiger partial charge in [-0.1, -0.05) is 132 Å². The van der Waals surface area contributed by atoms with E-state index in [0.29, 0.717) is 45.4 Å². The quantitative estimate of drug-likeness (QED) is 0.0353. The minimum absolute atomic E-state index is 0.157. The third-order valence-corrected chi connectivity index (χ3v) is 8.32. The smallest absolute Gasteiger partial charge is 0.230 e. The molecule has 0 amide bonds. The van der Waals surface area contributed by atoms with Crippen LogP contribution in [0.15, 0.2) is 53.5 Å². The van der Waals surface area contributed by atoms with Crippen LogP contribution in [-0.4, -0.2) is 45.8 Å². The molecule has 0 bridgehead atoms. The fourth-order valence-corrected chi connectivity index (χ4v) is 5.50. The zero-order valence-corrected chi connectivity index (χ0v) is 28.7. The van der Waals surface area contributed by atoms with Crippen LogP contribution in [-0.2, 0) is 4.74 Å². The number of unbranched alkanes of at least 4 members (excludes halogenated alkanes) is 10. The summed E-state index contributed by atoms with van der Waals surface area (Å²) in [6.45, 7) is 5.20. The molecular weight excluding hydrogens is 623 g/mol. The minimum atomic E-state index is -0.321. The van der Waals surface area contributed by atoms with E-state index >= 15 is 0 Å². The van der Waals surface area contributed by atoms with Gasteiger partial charge < -0.3 is 14.2 Å². The zero-order valence-electron chi connectivity index (χ0n) is 27.1. The lowest BCUT2D eigenvalue weighted by Gasteiger charge is -2.18. The minimum Gasteiger partial charge on any atom is -0.491 e. The zero-order chi connectivity index (χ0) is 32.4. The largest absolute Gasteiger partial charge is 0.491 e. The molecule has 11 heteroatoms. The van der Waals surface area contributed by atoms with E-state index in [4.69, 9.17) is 37.4 Å². The number of halogens is 2. The van der Waals surface area contributed by atoms with Crippen LogP contribution in [0.4, 0.5) is 5.69 Å². The molecule has 2 aromatic carbocycles. The number of rotatable bonds is 23. The third-order valence-electron chi connectivity index (χ3n) is 7.74. The second-order valence-electron chi connectivity index (χ2n) is 11.4. The van der Waals surface area contributed by atoms with Crippen molar-refractivity contribution in [2.45, 2.75) is 104 Å². The van der Waals surface area contributed by atoms with Gasteiger partial charge in [-0.3, -0.25) is 5.10 Å². The van der Waals surface area contributed by atoms with Gasteiger partial charge in [0, 0.05) is 10.6 Å². The van der Waals surface area contributed by atoms with Crippen LogP contribution >= 0.6 is 23.2 Å². The summed E-state index contributed by atoms with van der Waals surface area (Å²) in [5.74, 6) is 1.73. The van der Waals surface area contributed by atoms with Crippen LogP contribution in [0, 0.1) is 0 Å². The van der Waals surface area contributed by atoms with Gasteiger partial charge in [0.1, 0.15) is 23.2 Å². The number of H-pyrrole nitrogens is 1. The standard InChI is InChI=1S/C35H48Cl2N6O3/c1-3-5-7-8-9-10-11-12-13-17-23-44-30-22-21-28(36)24-29(30)38-25-45-31(20-6-4-2)39-26-46-35-32(37)34-41-40-33(43(34)42-35)27-18-15-14-16-19-27/h14-16,18-19,21-22,24-25,31,39,42H,3-13,17,20,23,26H2,1-2H3. The number of nitrogens with zero attached hydrogens (tertiary/aromatic N) is 4. The first-order valence-electron chi connectivity index (χ1n) is 16.7. The second kappa shape index (κ2) is 20.1. The molecular formula is C35H48Cl2N6O3. The number of fused-ring (bicyclic) bond motifs is 1. The van der Waals surface area contributed by atoms with E-state index in [0.717, 1.165) is 31.2 Å². The summed E-state index contributed by atoms with van der Waals surface area (Å²) in [7, 11) is 0. The highest BCUT2D eigenvalue weighted by Gasteiger charge is 2.18. The molecule has 0 aliphatic carbocycles. The number of ether oxygens (including phenoxy) is 3. The number of aliphatic imine (C=N–C) groups is 1. The van der Waals surface area contributed by atoms with Gasteiger partial charge in [0.15, 0.2) is 24.1 Å². The maximum atomic E-state index is 6.55. The van der Waals surface area contributed by atoms with Crippen molar-refractivity contribution < 1.29 is 14.2 Å². The Morgan fingerprint density at radius 2 is 1.59 bits per heavy atom. The summed E-state index contributed by atoms with van der Waals surface area (Å²) in [6.07, 6.45) is 16.7. The molecule has 0 fully saturated rings. The molecule has 250 valence electrons. The van der Waals surface area contributed by atoms with Crippen molar-refractivity contribution in [1.82, 2.24) is 25.1 Å². The molecule has 0 aliphatic rings. The summed E-state index contributed by atoms with van der Waals surface area (Å²) in [6, 6.07) is 15.2. The highest BCUT2D eigenvalue weighted by molar-refractivity contribution is 6.34. The molecule has 4 rings (SSSR count). The van der Waals surface area contributed by atoms with Crippen molar-refractivity contribution >= 4 is 40.9 Å². The lowest BCUT2D eigenvalue weighted by Crippen LogP contribution is -2.34. The highest BCUT2D eigenvalue weighted by atomic mass is 35.5. The average Bonchev–Trinajstić information content (AvgIpc) is 3.62. The molecule has 2 aromatic heterocycles. The lowest BCUT2D eigenvalue weighted by atomic mass is 10.1. The molecule has 1 unspecified atom stereocenters. The Morgan fingerprint density at radius 3 is 2.33 bits per heavy atom. The lowest BCUT2D eigenvalue weighted by molar-refractivity contribution is 0.112. The Morgan fingerprint density at radius 1 is 0.870 bits per heavy atom. The van der Waals surface area contributed by atoms with Gasteiger partial charge in [-0.25, -0.2) is 14.8 Å². The van der Waals surface area contributed by atoms with Crippen LogP contribution < -0.4 is 14.8 Å². The maximum absolute atomic E-state index is 6.55. The van der Waals surface area contributed by atoms with Crippen LogP contribution in [0.5, 0.6) is 11.6 Å². The summed E-state index contributed by atoms with van der Waals surface area (Å²) in [4.78, 5) is 4.54. The first kappa shape index (κ1) is 35.6. The van der Waals surface area contributed by atoms with E-state index in [-0.39, 0.29) is 13.0 Å². The van der Waals surface area contributed by atoms with Crippen LogP contribution in [0.2, 0.25) is 10.0 Å². The fourth-order valence-electron chi connectivity index (χ4n) is 5.11. The van der Waals surface area contributed by atoms with Gasteiger partial charge in [-0.2, -0.15) is 0 Å². The molecule has 0 aliphatic heterocycles. The molecule has 0 saturated heterocycles. The number of hydrogen-bond acceptors (Lipinski definition) is 7. The van der Waals surface area contributed by atoms with Crippen molar-refractivity contribution in [3.8, 4) is 23.0 Å². The van der Waals surface area contributed by atoms with Gasteiger partial charge in [-0.05, 0) is 37.5 Å². The second-order valence-corrected chi connectivity index (χ2v) is 12.3. The Labute approximate surface area is 283 Å². The Hall–Kier alpha value is -3.27. The fraction of sp³-hybridized carbons (Fsp3) is 0.514. The topological polar surface area (TPSA) is 98.1 Å². The number of aromatic nitrogens is 4. The van der Waals surface area contributed by atoms with Gasteiger partial charge in [-0.15, -0.1) is 10.2 Å². The molecule has 2 heterocycles. The first-order chi connectivity index (χ1) is 22.6. The molecule has 0 saturated carbocycles. The summed E-state index contributed by atoms with van der Waals surface area (Å²) in [5.41, 5.74) is 2.04. The Kier molecular flexibility index (Phi) is 15.5. The van der Waals surface area contributed by atoms with Gasteiger partial charge in [0.2, 0.25) is 5.88 Å². The van der Waals surface area contributed by atoms with Crippen LogP contribution in [0.1, 0.15) is 97.3 Å². The highest BCUT2D eigenvalue weighted by Crippen LogP contribution is 2.31. The van der Waals surface area contributed by atoms with Crippen molar-refractivity contribution in [2.75, 3.05) is 13.3 Å². The number of hydrogen-bond donors (Lipinski definition) is 2. The van der Waals surface area contributed by atoms with E-state index in [1.807, 2.05) is 42.5 Å². The van der Waals surface area contributed by atoms with E-state index < -0.39 is 0 Å². The van der Waals surface area contributed by atoms with Crippen molar-refractivity contribution in [3.63, 3.8) is 0 Å². The van der Waals surface area contributed by atoms with E-state index in [1.165, 1.54) is 64.2 Å². The average molecular weight is 672 g/mol.